The maximum Gasteiger partial charge on any atom is 0.214 e. The van der Waals surface area contributed by atoms with Crippen LogP contribution in [0.5, 0.6) is 0 Å². The molecule has 0 aliphatic rings. The van der Waals surface area contributed by atoms with E-state index in [4.69, 9.17) is 0 Å². The van der Waals surface area contributed by atoms with Gasteiger partial charge in [-0.2, -0.15) is 0 Å². The average molecular weight is 292 g/mol. The number of rotatable bonds is 4. The molecule has 0 aliphatic heterocycles. The fraction of sp³-hybridized carbons (Fsp3) is 0.400. The number of hydrogen-bond acceptors (Lipinski definition) is 2. The largest absolute Gasteiger partial charge is 0.214 e. The molecule has 0 unspecified atom stereocenters. The summed E-state index contributed by atoms with van der Waals surface area (Å²) in [4.78, 5) is 0. The van der Waals surface area contributed by atoms with Gasteiger partial charge in [-0.05, 0) is 31.5 Å². The Bertz CT molecular complexity index is 429. The number of hydrogen-bond donors (Lipinski definition) is 1. The molecule has 0 bridgehead atoms. The minimum Gasteiger partial charge on any atom is -0.212 e. The molecule has 0 aromatic heterocycles. The molecule has 3 nitrogen and oxygen atoms in total. The Kier molecular flexibility index (Phi) is 4.31. The molecule has 0 radical (unpaired) electrons. The normalized spacial score (nSPS) is 12.0. The zero-order valence-corrected chi connectivity index (χ0v) is 11.1. The SMILES string of the molecule is CC(C)S(=O)(=O)NCc1cccc(Br)c1. The minimum absolute atomic E-state index is 0.333. The highest BCUT2D eigenvalue weighted by molar-refractivity contribution is 9.10. The smallest absolute Gasteiger partial charge is 0.212 e. The van der Waals surface area contributed by atoms with Gasteiger partial charge in [0.2, 0.25) is 10.0 Å². The molecule has 84 valence electrons. The van der Waals surface area contributed by atoms with Crippen molar-refractivity contribution in [1.29, 1.82) is 0 Å². The molecule has 0 spiro atoms. The van der Waals surface area contributed by atoms with Crippen molar-refractivity contribution >= 4 is 26.0 Å². The minimum atomic E-state index is -3.17. The van der Waals surface area contributed by atoms with Crippen LogP contribution in [-0.4, -0.2) is 13.7 Å². The Morgan fingerprint density at radius 3 is 2.60 bits per heavy atom. The van der Waals surface area contributed by atoms with Crippen LogP contribution >= 0.6 is 15.9 Å². The van der Waals surface area contributed by atoms with Crippen LogP contribution < -0.4 is 4.72 Å². The van der Waals surface area contributed by atoms with Crippen molar-refractivity contribution in [3.63, 3.8) is 0 Å². The lowest BCUT2D eigenvalue weighted by Crippen LogP contribution is -2.30. The fourth-order valence-corrected chi connectivity index (χ4v) is 2.15. The van der Waals surface area contributed by atoms with E-state index in [1.807, 2.05) is 24.3 Å². The summed E-state index contributed by atoms with van der Waals surface area (Å²) in [5.74, 6) is 0. The second-order valence-corrected chi connectivity index (χ2v) is 6.78. The van der Waals surface area contributed by atoms with Crippen LogP contribution in [0.3, 0.4) is 0 Å². The van der Waals surface area contributed by atoms with E-state index in [1.54, 1.807) is 13.8 Å². The van der Waals surface area contributed by atoms with Crippen molar-refractivity contribution < 1.29 is 8.42 Å². The molecular formula is C10H14BrNO2S. The lowest BCUT2D eigenvalue weighted by molar-refractivity contribution is 0.572. The van der Waals surface area contributed by atoms with E-state index in [1.165, 1.54) is 0 Å². The second kappa shape index (κ2) is 5.09. The first kappa shape index (κ1) is 12.7. The van der Waals surface area contributed by atoms with Crippen LogP contribution in [0.4, 0.5) is 0 Å². The van der Waals surface area contributed by atoms with Crippen LogP contribution in [0, 0.1) is 0 Å². The summed E-state index contributed by atoms with van der Waals surface area (Å²) in [6, 6.07) is 7.56. The van der Waals surface area contributed by atoms with Gasteiger partial charge < -0.3 is 0 Å². The first-order valence-electron chi connectivity index (χ1n) is 4.65. The summed E-state index contributed by atoms with van der Waals surface area (Å²) in [5, 5.41) is -0.398. The standard InChI is InChI=1S/C10H14BrNO2S/c1-8(2)15(13,14)12-7-9-4-3-5-10(11)6-9/h3-6,8,12H,7H2,1-2H3. The van der Waals surface area contributed by atoms with Gasteiger partial charge in [0.15, 0.2) is 0 Å². The van der Waals surface area contributed by atoms with Gasteiger partial charge in [-0.3, -0.25) is 0 Å². The first-order chi connectivity index (χ1) is 6.92. The molecule has 0 fully saturated rings. The van der Waals surface area contributed by atoms with E-state index >= 15 is 0 Å². The summed E-state index contributed by atoms with van der Waals surface area (Å²) >= 11 is 3.33. The number of sulfonamides is 1. The van der Waals surface area contributed by atoms with Crippen LogP contribution in [0.1, 0.15) is 19.4 Å². The van der Waals surface area contributed by atoms with E-state index in [0.29, 0.717) is 6.54 Å². The second-order valence-electron chi connectivity index (χ2n) is 3.54. The van der Waals surface area contributed by atoms with Gasteiger partial charge in [0, 0.05) is 11.0 Å². The summed E-state index contributed by atoms with van der Waals surface area (Å²) in [5.41, 5.74) is 0.939. The predicted octanol–water partition coefficient (Wildman–Crippen LogP) is 2.28. The Balaban J connectivity index is 2.66. The number of nitrogens with one attached hydrogen (secondary N) is 1. The summed E-state index contributed by atoms with van der Waals surface area (Å²) in [6.45, 7) is 3.65. The van der Waals surface area contributed by atoms with Crippen LogP contribution in [0.25, 0.3) is 0 Å². The van der Waals surface area contributed by atoms with Crippen molar-refractivity contribution in [2.45, 2.75) is 25.6 Å². The molecule has 0 heterocycles. The molecule has 0 aliphatic carbocycles. The van der Waals surface area contributed by atoms with E-state index < -0.39 is 15.3 Å². The van der Waals surface area contributed by atoms with Crippen molar-refractivity contribution in [2.24, 2.45) is 0 Å². The average Bonchev–Trinajstić information content (AvgIpc) is 2.15. The van der Waals surface area contributed by atoms with Gasteiger partial charge >= 0.3 is 0 Å². The lowest BCUT2D eigenvalue weighted by Gasteiger charge is -2.09. The molecule has 1 aromatic rings. The number of benzene rings is 1. The summed E-state index contributed by atoms with van der Waals surface area (Å²) in [7, 11) is -3.17. The van der Waals surface area contributed by atoms with Gasteiger partial charge in [-0.1, -0.05) is 28.1 Å². The Morgan fingerprint density at radius 2 is 2.07 bits per heavy atom. The van der Waals surface area contributed by atoms with Crippen molar-refractivity contribution in [3.8, 4) is 0 Å². The first-order valence-corrected chi connectivity index (χ1v) is 6.98. The van der Waals surface area contributed by atoms with E-state index in [0.717, 1.165) is 10.0 Å². The Labute approximate surface area is 99.1 Å². The topological polar surface area (TPSA) is 46.2 Å². The third kappa shape index (κ3) is 3.93. The predicted molar refractivity (Wildman–Crippen MR) is 65.0 cm³/mol. The summed E-state index contributed by atoms with van der Waals surface area (Å²) < 4.78 is 26.4. The third-order valence-electron chi connectivity index (χ3n) is 1.99. The van der Waals surface area contributed by atoms with Gasteiger partial charge in [0.1, 0.15) is 0 Å². The zero-order chi connectivity index (χ0) is 11.5. The molecule has 0 atom stereocenters. The highest BCUT2D eigenvalue weighted by Crippen LogP contribution is 2.11. The van der Waals surface area contributed by atoms with Crippen LogP contribution in [-0.2, 0) is 16.6 Å². The van der Waals surface area contributed by atoms with Gasteiger partial charge in [-0.15, -0.1) is 0 Å². The lowest BCUT2D eigenvalue weighted by atomic mass is 10.2. The highest BCUT2D eigenvalue weighted by Gasteiger charge is 2.14. The molecule has 0 saturated carbocycles. The van der Waals surface area contributed by atoms with Gasteiger partial charge in [-0.25, -0.2) is 13.1 Å². The molecule has 1 N–H and O–H groups in total. The molecule has 1 rings (SSSR count). The molecule has 1 aromatic carbocycles. The van der Waals surface area contributed by atoms with Crippen molar-refractivity contribution in [2.75, 3.05) is 0 Å². The monoisotopic (exact) mass is 291 g/mol. The van der Waals surface area contributed by atoms with E-state index in [2.05, 4.69) is 20.7 Å². The maximum atomic E-state index is 11.5. The molecule has 5 heteroatoms. The molecule has 15 heavy (non-hydrogen) atoms. The van der Waals surface area contributed by atoms with Crippen LogP contribution in [0.2, 0.25) is 0 Å². The third-order valence-corrected chi connectivity index (χ3v) is 4.27. The quantitative estimate of drug-likeness (QED) is 0.925. The van der Waals surface area contributed by atoms with Crippen molar-refractivity contribution in [3.05, 3.63) is 34.3 Å². The Morgan fingerprint density at radius 1 is 1.40 bits per heavy atom. The molecule has 0 saturated heterocycles. The Hall–Kier alpha value is -0.390. The molecule has 0 amide bonds. The fourth-order valence-electron chi connectivity index (χ4n) is 0.998. The maximum absolute atomic E-state index is 11.5. The van der Waals surface area contributed by atoms with Crippen molar-refractivity contribution in [1.82, 2.24) is 4.72 Å². The zero-order valence-electron chi connectivity index (χ0n) is 8.70. The van der Waals surface area contributed by atoms with Gasteiger partial charge in [0.25, 0.3) is 0 Å². The van der Waals surface area contributed by atoms with E-state index in [-0.39, 0.29) is 0 Å². The number of halogens is 1. The summed E-state index contributed by atoms with van der Waals surface area (Å²) in [6.07, 6.45) is 0. The van der Waals surface area contributed by atoms with Crippen LogP contribution in [0.15, 0.2) is 28.7 Å². The van der Waals surface area contributed by atoms with E-state index in [9.17, 15) is 8.42 Å². The molecular weight excluding hydrogens is 278 g/mol. The van der Waals surface area contributed by atoms with Gasteiger partial charge in [0.05, 0.1) is 5.25 Å². The highest BCUT2D eigenvalue weighted by atomic mass is 79.9.